The van der Waals surface area contributed by atoms with Gasteiger partial charge in [-0.3, -0.25) is 9.59 Å². The maximum atomic E-state index is 12.6. The van der Waals surface area contributed by atoms with Gasteiger partial charge in [0.25, 0.3) is 0 Å². The lowest BCUT2D eigenvalue weighted by atomic mass is 9.62. The molecule has 0 saturated heterocycles. The van der Waals surface area contributed by atoms with Crippen molar-refractivity contribution in [2.45, 2.75) is 85.2 Å². The van der Waals surface area contributed by atoms with Crippen molar-refractivity contribution < 1.29 is 14.7 Å². The zero-order chi connectivity index (χ0) is 20.7. The third kappa shape index (κ3) is 3.92. The topological polar surface area (TPSA) is 54.4 Å². The molecule has 0 bridgehead atoms. The first-order valence-corrected chi connectivity index (χ1v) is 11.1. The summed E-state index contributed by atoms with van der Waals surface area (Å²) in [5.74, 6) is 2.11. The minimum absolute atomic E-state index is 0.0521. The standard InChI is InChI=1S/C25H38O3/c1-16(15-26)7-6-8-17(2)19-11-12-24(4)13-21-23(18(3)9-10-20(19)24)22(27)14-25(21,5)28/h7,9,15,17,19-21,23,28H,6,8,10-14H2,1-5H3/b16-7-,18-9-/t17-,19-,20+,21+,23+,24+,25+/m0/s1. The molecule has 0 radical (unpaired) electrons. The van der Waals surface area contributed by atoms with Crippen LogP contribution in [0.2, 0.25) is 0 Å². The quantitative estimate of drug-likeness (QED) is 0.397. The summed E-state index contributed by atoms with van der Waals surface area (Å²) in [5.41, 5.74) is 1.33. The van der Waals surface area contributed by atoms with E-state index in [1.54, 1.807) is 0 Å². The van der Waals surface area contributed by atoms with Gasteiger partial charge in [0, 0.05) is 18.3 Å². The summed E-state index contributed by atoms with van der Waals surface area (Å²) < 4.78 is 0. The first kappa shape index (κ1) is 21.5. The van der Waals surface area contributed by atoms with Gasteiger partial charge in [0.2, 0.25) is 0 Å². The van der Waals surface area contributed by atoms with Crippen molar-refractivity contribution >= 4 is 12.1 Å². The highest BCUT2D eigenvalue weighted by Crippen LogP contribution is 2.59. The molecule has 3 aliphatic rings. The van der Waals surface area contributed by atoms with Gasteiger partial charge in [0.1, 0.15) is 12.1 Å². The van der Waals surface area contributed by atoms with Crippen LogP contribution >= 0.6 is 0 Å². The number of fused-ring (bicyclic) bond motifs is 2. The number of carbonyl (C=O) groups excluding carboxylic acids is 2. The van der Waals surface area contributed by atoms with Crippen molar-refractivity contribution in [1.29, 1.82) is 0 Å². The van der Waals surface area contributed by atoms with E-state index in [1.165, 1.54) is 18.4 Å². The molecule has 0 aromatic carbocycles. The van der Waals surface area contributed by atoms with E-state index >= 15 is 0 Å². The molecule has 3 aliphatic carbocycles. The van der Waals surface area contributed by atoms with E-state index in [2.05, 4.69) is 32.9 Å². The van der Waals surface area contributed by atoms with Gasteiger partial charge in [-0.05, 0) is 88.0 Å². The number of aldehydes is 1. The van der Waals surface area contributed by atoms with E-state index < -0.39 is 5.60 Å². The van der Waals surface area contributed by atoms with Crippen LogP contribution in [0.15, 0.2) is 23.3 Å². The molecule has 0 heterocycles. The number of Topliss-reactive ketones (excluding diaryl/α,β-unsaturated/α-hetero) is 1. The summed E-state index contributed by atoms with van der Waals surface area (Å²) in [6, 6.07) is 0. The largest absolute Gasteiger partial charge is 0.389 e. The first-order valence-electron chi connectivity index (χ1n) is 11.1. The second-order valence-electron chi connectivity index (χ2n) is 10.6. The molecule has 0 aromatic rings. The molecule has 2 fully saturated rings. The van der Waals surface area contributed by atoms with E-state index in [9.17, 15) is 14.7 Å². The Morgan fingerprint density at radius 2 is 2.07 bits per heavy atom. The van der Waals surface area contributed by atoms with Gasteiger partial charge in [-0.25, -0.2) is 0 Å². The molecule has 3 nitrogen and oxygen atoms in total. The molecular weight excluding hydrogens is 348 g/mol. The van der Waals surface area contributed by atoms with E-state index in [0.29, 0.717) is 24.2 Å². The summed E-state index contributed by atoms with van der Waals surface area (Å²) in [4.78, 5) is 23.5. The predicted octanol–water partition coefficient (Wildman–Crippen LogP) is 5.28. The van der Waals surface area contributed by atoms with Crippen LogP contribution in [0, 0.1) is 35.0 Å². The Balaban J connectivity index is 1.80. The van der Waals surface area contributed by atoms with Gasteiger partial charge in [0.05, 0.1) is 5.60 Å². The molecule has 1 N–H and O–H groups in total. The van der Waals surface area contributed by atoms with Crippen molar-refractivity contribution in [3.8, 4) is 0 Å². The third-order valence-electron chi connectivity index (χ3n) is 8.42. The summed E-state index contributed by atoms with van der Waals surface area (Å²) in [7, 11) is 0. The summed E-state index contributed by atoms with van der Waals surface area (Å²) in [6.07, 6.45) is 12.1. The Kier molecular flexibility index (Phi) is 6.06. The molecule has 2 saturated carbocycles. The van der Waals surface area contributed by atoms with Crippen LogP contribution in [-0.4, -0.2) is 22.8 Å². The number of carbonyl (C=O) groups is 2. The number of hydrogen-bond acceptors (Lipinski definition) is 3. The van der Waals surface area contributed by atoms with Crippen LogP contribution in [0.5, 0.6) is 0 Å². The maximum Gasteiger partial charge on any atom is 0.145 e. The highest BCUT2D eigenvalue weighted by atomic mass is 16.3. The lowest BCUT2D eigenvalue weighted by molar-refractivity contribution is -0.120. The average Bonchev–Trinajstić information content (AvgIpc) is 3.04. The molecule has 3 heteroatoms. The van der Waals surface area contributed by atoms with Gasteiger partial charge in [-0.1, -0.05) is 31.6 Å². The third-order valence-corrected chi connectivity index (χ3v) is 8.42. The second kappa shape index (κ2) is 7.89. The number of hydrogen-bond donors (Lipinski definition) is 1. The lowest BCUT2D eigenvalue weighted by Gasteiger charge is -2.43. The second-order valence-corrected chi connectivity index (χ2v) is 10.6. The number of allylic oxidation sites excluding steroid dienone is 4. The fourth-order valence-corrected chi connectivity index (χ4v) is 6.66. The summed E-state index contributed by atoms with van der Waals surface area (Å²) in [6.45, 7) is 10.6. The molecule has 3 rings (SSSR count). The van der Waals surface area contributed by atoms with Crippen LogP contribution in [0.4, 0.5) is 0 Å². The fourth-order valence-electron chi connectivity index (χ4n) is 6.66. The fraction of sp³-hybridized carbons (Fsp3) is 0.760. The van der Waals surface area contributed by atoms with Crippen molar-refractivity contribution in [1.82, 2.24) is 0 Å². The molecule has 0 aliphatic heterocycles. The van der Waals surface area contributed by atoms with E-state index in [1.807, 2.05) is 13.8 Å². The molecule has 28 heavy (non-hydrogen) atoms. The molecule has 156 valence electrons. The number of aliphatic hydroxyl groups is 1. The molecular formula is C25H38O3. The van der Waals surface area contributed by atoms with Gasteiger partial charge >= 0.3 is 0 Å². The average molecular weight is 387 g/mol. The highest BCUT2D eigenvalue weighted by molar-refractivity contribution is 5.87. The molecule has 0 amide bonds. The van der Waals surface area contributed by atoms with E-state index in [-0.39, 0.29) is 23.0 Å². The molecule has 0 aromatic heterocycles. The predicted molar refractivity (Wildman–Crippen MR) is 113 cm³/mol. The minimum Gasteiger partial charge on any atom is -0.389 e. The lowest BCUT2D eigenvalue weighted by Crippen LogP contribution is -2.40. The smallest absolute Gasteiger partial charge is 0.145 e. The molecule has 0 unspecified atom stereocenters. The molecule has 0 spiro atoms. The normalized spacial score (nSPS) is 44.1. The highest BCUT2D eigenvalue weighted by Gasteiger charge is 2.56. The zero-order valence-corrected chi connectivity index (χ0v) is 18.3. The van der Waals surface area contributed by atoms with Gasteiger partial charge in [-0.15, -0.1) is 0 Å². The van der Waals surface area contributed by atoms with Crippen molar-refractivity contribution in [3.63, 3.8) is 0 Å². The first-order chi connectivity index (χ1) is 13.1. The Morgan fingerprint density at radius 3 is 2.75 bits per heavy atom. The zero-order valence-electron chi connectivity index (χ0n) is 18.3. The number of ketones is 1. The Bertz CT molecular complexity index is 686. The van der Waals surface area contributed by atoms with Crippen molar-refractivity contribution in [2.24, 2.45) is 35.0 Å². The van der Waals surface area contributed by atoms with Crippen LogP contribution in [0.1, 0.15) is 79.6 Å². The maximum absolute atomic E-state index is 12.6. The van der Waals surface area contributed by atoms with Crippen LogP contribution < -0.4 is 0 Å². The SMILES string of the molecule is C/C(C=O)=C/CC[C@H](C)[C@@H]1CC[C@]2(C)C[C@@H]3[C@H](C(=O)C[C@@]3(C)O)/C(C)=C\C[C@H]12. The summed E-state index contributed by atoms with van der Waals surface area (Å²) >= 11 is 0. The molecule has 7 atom stereocenters. The van der Waals surface area contributed by atoms with E-state index in [4.69, 9.17) is 0 Å². The Hall–Kier alpha value is -1.22. The van der Waals surface area contributed by atoms with E-state index in [0.717, 1.165) is 37.5 Å². The minimum atomic E-state index is -0.872. The van der Waals surface area contributed by atoms with Gasteiger partial charge in [-0.2, -0.15) is 0 Å². The van der Waals surface area contributed by atoms with Crippen molar-refractivity contribution in [3.05, 3.63) is 23.3 Å². The number of rotatable bonds is 5. The Morgan fingerprint density at radius 1 is 1.36 bits per heavy atom. The van der Waals surface area contributed by atoms with Gasteiger partial charge in [0.15, 0.2) is 0 Å². The summed E-state index contributed by atoms with van der Waals surface area (Å²) in [5, 5.41) is 11.0. The monoisotopic (exact) mass is 386 g/mol. The Labute approximate surface area is 170 Å². The van der Waals surface area contributed by atoms with Gasteiger partial charge < -0.3 is 5.11 Å². The van der Waals surface area contributed by atoms with Crippen LogP contribution in [-0.2, 0) is 9.59 Å². The van der Waals surface area contributed by atoms with Crippen LogP contribution in [0.25, 0.3) is 0 Å². The van der Waals surface area contributed by atoms with Crippen molar-refractivity contribution in [2.75, 3.05) is 0 Å². The van der Waals surface area contributed by atoms with Crippen LogP contribution in [0.3, 0.4) is 0 Å².